The molecule has 1 unspecified atom stereocenters. The van der Waals surface area contributed by atoms with Crippen LogP contribution >= 0.6 is 11.3 Å². The predicted octanol–water partition coefficient (Wildman–Crippen LogP) is 5.01. The second-order valence-electron chi connectivity index (χ2n) is 6.78. The van der Waals surface area contributed by atoms with E-state index in [0.29, 0.717) is 28.6 Å². The summed E-state index contributed by atoms with van der Waals surface area (Å²) in [5.41, 5.74) is 0.926. The smallest absolute Gasteiger partial charge is 0.295 e. The molecule has 1 aliphatic heterocycles. The van der Waals surface area contributed by atoms with Crippen molar-refractivity contribution in [1.82, 2.24) is 4.98 Å². The van der Waals surface area contributed by atoms with Gasteiger partial charge in [0.2, 0.25) is 0 Å². The van der Waals surface area contributed by atoms with Gasteiger partial charge in [0.15, 0.2) is 10.9 Å². The van der Waals surface area contributed by atoms with Crippen LogP contribution in [0.15, 0.2) is 52.9 Å². The molecule has 0 saturated carbocycles. The van der Waals surface area contributed by atoms with Crippen molar-refractivity contribution in [3.05, 3.63) is 60.1 Å². The van der Waals surface area contributed by atoms with E-state index in [0.717, 1.165) is 18.2 Å². The molecule has 0 bridgehead atoms. The molecule has 0 aliphatic carbocycles. The maximum absolute atomic E-state index is 14.1. The highest BCUT2D eigenvalue weighted by molar-refractivity contribution is 7.22. The third-order valence-electron chi connectivity index (χ3n) is 4.88. The Bertz CT molecular complexity index is 1130. The average molecular weight is 396 g/mol. The Labute approximate surface area is 164 Å². The van der Waals surface area contributed by atoms with Crippen LogP contribution in [0.5, 0.6) is 0 Å². The largest absolute Gasteiger partial charge is 0.451 e. The fourth-order valence-electron chi connectivity index (χ4n) is 3.48. The van der Waals surface area contributed by atoms with E-state index in [1.54, 1.807) is 23.1 Å². The Morgan fingerprint density at radius 2 is 2.14 bits per heavy atom. The second kappa shape index (κ2) is 7.00. The maximum atomic E-state index is 14.1. The first-order valence-corrected chi connectivity index (χ1v) is 9.98. The van der Waals surface area contributed by atoms with Crippen LogP contribution in [0.3, 0.4) is 0 Å². The lowest BCUT2D eigenvalue weighted by molar-refractivity contribution is 0.0896. The molecule has 1 saturated heterocycles. The summed E-state index contributed by atoms with van der Waals surface area (Å²) in [4.78, 5) is 19.3. The summed E-state index contributed by atoms with van der Waals surface area (Å²) in [5, 5.41) is 1.30. The number of furan rings is 1. The molecule has 28 heavy (non-hydrogen) atoms. The number of halogens is 1. The minimum absolute atomic E-state index is 0.0646. The van der Waals surface area contributed by atoms with Gasteiger partial charge in [-0.1, -0.05) is 35.6 Å². The second-order valence-corrected chi connectivity index (χ2v) is 7.79. The van der Waals surface area contributed by atoms with Crippen LogP contribution in [0, 0.1) is 5.82 Å². The van der Waals surface area contributed by atoms with Gasteiger partial charge in [-0.25, -0.2) is 9.37 Å². The van der Waals surface area contributed by atoms with Gasteiger partial charge in [-0.3, -0.25) is 9.69 Å². The number of carbonyl (C=O) groups is 1. The van der Waals surface area contributed by atoms with Crippen molar-refractivity contribution in [2.75, 3.05) is 18.1 Å². The highest BCUT2D eigenvalue weighted by Crippen LogP contribution is 2.32. The summed E-state index contributed by atoms with van der Waals surface area (Å²) in [6, 6.07) is 14.0. The van der Waals surface area contributed by atoms with E-state index in [-0.39, 0.29) is 23.3 Å². The molecule has 2 aromatic carbocycles. The van der Waals surface area contributed by atoms with Crippen LogP contribution < -0.4 is 4.90 Å². The van der Waals surface area contributed by atoms with Crippen molar-refractivity contribution in [2.45, 2.75) is 18.9 Å². The molecule has 5 rings (SSSR count). The Kier molecular flexibility index (Phi) is 4.33. The number of nitrogens with zero attached hydrogens (tertiary/aromatic N) is 2. The number of aromatic nitrogens is 1. The lowest BCUT2D eigenvalue weighted by Crippen LogP contribution is -2.37. The van der Waals surface area contributed by atoms with E-state index in [9.17, 15) is 9.18 Å². The van der Waals surface area contributed by atoms with E-state index in [4.69, 9.17) is 9.15 Å². The van der Waals surface area contributed by atoms with Gasteiger partial charge in [-0.05, 0) is 37.1 Å². The Hall–Kier alpha value is -2.77. The zero-order chi connectivity index (χ0) is 19.1. The Balaban J connectivity index is 1.56. The number of hydrogen-bond donors (Lipinski definition) is 0. The van der Waals surface area contributed by atoms with E-state index in [1.807, 2.05) is 24.3 Å². The molecule has 3 heterocycles. The molecule has 4 aromatic rings. The van der Waals surface area contributed by atoms with Crippen molar-refractivity contribution >= 4 is 43.6 Å². The van der Waals surface area contributed by atoms with Crippen LogP contribution in [-0.2, 0) is 4.74 Å². The van der Waals surface area contributed by atoms with Crippen molar-refractivity contribution in [1.29, 1.82) is 0 Å². The van der Waals surface area contributed by atoms with E-state index < -0.39 is 5.82 Å². The van der Waals surface area contributed by atoms with Crippen LogP contribution in [0.1, 0.15) is 23.4 Å². The predicted molar refractivity (Wildman–Crippen MR) is 106 cm³/mol. The molecule has 1 amide bonds. The number of fused-ring (bicyclic) bond motifs is 2. The molecule has 1 aliphatic rings. The van der Waals surface area contributed by atoms with Gasteiger partial charge in [0.05, 0.1) is 17.3 Å². The quantitative estimate of drug-likeness (QED) is 0.487. The zero-order valence-electron chi connectivity index (χ0n) is 14.9. The van der Waals surface area contributed by atoms with Crippen LogP contribution in [0.25, 0.3) is 21.2 Å². The van der Waals surface area contributed by atoms with Gasteiger partial charge in [0.25, 0.3) is 5.91 Å². The molecule has 5 nitrogen and oxygen atoms in total. The molecule has 142 valence electrons. The highest BCUT2D eigenvalue weighted by atomic mass is 32.1. The monoisotopic (exact) mass is 396 g/mol. The third kappa shape index (κ3) is 3.06. The topological polar surface area (TPSA) is 55.6 Å². The summed E-state index contributed by atoms with van der Waals surface area (Å²) >= 11 is 1.29. The van der Waals surface area contributed by atoms with Gasteiger partial charge >= 0.3 is 0 Å². The fraction of sp³-hybridized carbons (Fsp3) is 0.238. The number of rotatable bonds is 4. The molecular weight excluding hydrogens is 379 g/mol. The number of hydrogen-bond acceptors (Lipinski definition) is 5. The van der Waals surface area contributed by atoms with Gasteiger partial charge < -0.3 is 9.15 Å². The molecule has 0 radical (unpaired) electrons. The standard InChI is InChI=1S/C21H17FN2O3S/c22-15-7-3-9-18-19(15)23-21(28-18)24(12-14-6-4-10-26-14)20(25)17-11-13-5-1-2-8-16(13)27-17/h1-3,5,7-9,11,14H,4,6,10,12H2. The third-order valence-corrected chi connectivity index (χ3v) is 5.92. The van der Waals surface area contributed by atoms with Gasteiger partial charge in [0.1, 0.15) is 16.9 Å². The normalized spacial score (nSPS) is 16.8. The first-order chi connectivity index (χ1) is 13.7. The molecule has 1 fully saturated rings. The number of anilines is 1. The van der Waals surface area contributed by atoms with Crippen molar-refractivity contribution < 1.29 is 18.3 Å². The lowest BCUT2D eigenvalue weighted by Gasteiger charge is -2.22. The van der Waals surface area contributed by atoms with Crippen LogP contribution in [0.4, 0.5) is 9.52 Å². The lowest BCUT2D eigenvalue weighted by atomic mass is 10.2. The van der Waals surface area contributed by atoms with E-state index in [2.05, 4.69) is 4.98 Å². The Morgan fingerprint density at radius 1 is 1.25 bits per heavy atom. The Morgan fingerprint density at radius 3 is 2.93 bits per heavy atom. The minimum atomic E-state index is -0.395. The van der Waals surface area contributed by atoms with Crippen molar-refractivity contribution in [2.24, 2.45) is 0 Å². The van der Waals surface area contributed by atoms with Gasteiger partial charge in [-0.15, -0.1) is 0 Å². The van der Waals surface area contributed by atoms with Crippen LogP contribution in [0.2, 0.25) is 0 Å². The summed E-state index contributed by atoms with van der Waals surface area (Å²) in [6.45, 7) is 1.04. The zero-order valence-corrected chi connectivity index (χ0v) is 15.7. The first kappa shape index (κ1) is 17.3. The number of thiazole rings is 1. The molecule has 0 N–H and O–H groups in total. The number of para-hydroxylation sites is 2. The SMILES string of the molecule is O=C(c1cc2ccccc2o1)N(CC1CCCO1)c1nc2c(F)cccc2s1. The first-order valence-electron chi connectivity index (χ1n) is 9.16. The summed E-state index contributed by atoms with van der Waals surface area (Å²) in [6.07, 6.45) is 1.78. The van der Waals surface area contributed by atoms with Crippen molar-refractivity contribution in [3.63, 3.8) is 0 Å². The number of benzene rings is 2. The van der Waals surface area contributed by atoms with Crippen LogP contribution in [-0.4, -0.2) is 30.1 Å². The summed E-state index contributed by atoms with van der Waals surface area (Å²) in [5.74, 6) is -0.460. The van der Waals surface area contributed by atoms with E-state index >= 15 is 0 Å². The molecule has 1 atom stereocenters. The maximum Gasteiger partial charge on any atom is 0.295 e. The number of ether oxygens (including phenoxy) is 1. The molecular formula is C21H17FN2O3S. The molecule has 7 heteroatoms. The van der Waals surface area contributed by atoms with Crippen molar-refractivity contribution in [3.8, 4) is 0 Å². The fourth-order valence-corrected chi connectivity index (χ4v) is 4.47. The minimum Gasteiger partial charge on any atom is -0.451 e. The number of amides is 1. The average Bonchev–Trinajstić information content (AvgIpc) is 3.44. The molecule has 2 aromatic heterocycles. The molecule has 0 spiro atoms. The number of carbonyl (C=O) groups excluding carboxylic acids is 1. The van der Waals surface area contributed by atoms with E-state index in [1.165, 1.54) is 17.4 Å². The van der Waals surface area contributed by atoms with Gasteiger partial charge in [0, 0.05) is 12.0 Å². The highest BCUT2D eigenvalue weighted by Gasteiger charge is 2.29. The van der Waals surface area contributed by atoms with Gasteiger partial charge in [-0.2, -0.15) is 0 Å². The summed E-state index contributed by atoms with van der Waals surface area (Å²) < 4.78 is 26.3. The summed E-state index contributed by atoms with van der Waals surface area (Å²) in [7, 11) is 0.